The number of carbonyl (C=O) groups is 2. The number of fused-ring (bicyclic) bond motifs is 1. The number of ether oxygens (including phenoxy) is 2. The standard InChI is InChI=1S/C26H30N2O7/c1-14-9-11-26(35-24(14)15(2)23(30)17-6-4-12-27-17)10-3-5-16(34-26)13-20-28-22-19(33-20)8-7-18(29)21(22)25(31)32/h4,6-8,12,14-16,24,27,29H,3,5,9-11,13H2,1-2H3,(H,31,32)/t14-,15-,16+,24+,26+/m1/s1. The molecule has 2 fully saturated rings. The number of carboxylic acid groups (broad SMARTS) is 1. The van der Waals surface area contributed by atoms with Crippen LogP contribution in [0.5, 0.6) is 5.75 Å². The van der Waals surface area contributed by atoms with Gasteiger partial charge in [-0.2, -0.15) is 0 Å². The number of hydrogen-bond donors (Lipinski definition) is 3. The Balaban J connectivity index is 1.32. The molecule has 0 amide bonds. The monoisotopic (exact) mass is 482 g/mol. The summed E-state index contributed by atoms with van der Waals surface area (Å²) in [6.07, 6.45) is 5.69. The van der Waals surface area contributed by atoms with Crippen molar-refractivity contribution in [2.45, 2.75) is 70.4 Å². The zero-order valence-corrected chi connectivity index (χ0v) is 19.8. The van der Waals surface area contributed by atoms with E-state index in [4.69, 9.17) is 13.9 Å². The van der Waals surface area contributed by atoms with Crippen LogP contribution in [0.1, 0.15) is 72.7 Å². The number of oxazole rings is 1. The van der Waals surface area contributed by atoms with E-state index in [0.29, 0.717) is 23.6 Å². The highest BCUT2D eigenvalue weighted by molar-refractivity contribution is 6.03. The number of nitrogens with zero attached hydrogens (tertiary/aromatic N) is 1. The molecule has 0 radical (unpaired) electrons. The first-order chi connectivity index (χ1) is 16.8. The minimum absolute atomic E-state index is 0.0280. The first-order valence-corrected chi connectivity index (χ1v) is 12.1. The van der Waals surface area contributed by atoms with Crippen LogP contribution in [-0.2, 0) is 15.9 Å². The van der Waals surface area contributed by atoms with E-state index in [1.54, 1.807) is 12.3 Å². The van der Waals surface area contributed by atoms with E-state index in [-0.39, 0.29) is 46.7 Å². The Kier molecular flexibility index (Phi) is 6.14. The van der Waals surface area contributed by atoms with Gasteiger partial charge in [0.1, 0.15) is 16.8 Å². The first kappa shape index (κ1) is 23.6. The van der Waals surface area contributed by atoms with Crippen LogP contribution in [-0.4, -0.2) is 49.9 Å². The topological polar surface area (TPSA) is 135 Å². The van der Waals surface area contributed by atoms with E-state index in [0.717, 1.165) is 32.1 Å². The van der Waals surface area contributed by atoms with Crippen molar-refractivity contribution < 1.29 is 33.7 Å². The highest BCUT2D eigenvalue weighted by Gasteiger charge is 2.47. The Morgan fingerprint density at radius 3 is 2.80 bits per heavy atom. The summed E-state index contributed by atoms with van der Waals surface area (Å²) in [5.74, 6) is -2.09. The normalized spacial score (nSPS) is 27.8. The van der Waals surface area contributed by atoms with Crippen LogP contribution >= 0.6 is 0 Å². The number of phenols is 1. The van der Waals surface area contributed by atoms with Gasteiger partial charge in [-0.3, -0.25) is 4.79 Å². The van der Waals surface area contributed by atoms with Crippen molar-refractivity contribution in [2.24, 2.45) is 11.8 Å². The predicted molar refractivity (Wildman–Crippen MR) is 125 cm³/mol. The van der Waals surface area contributed by atoms with Gasteiger partial charge in [-0.15, -0.1) is 0 Å². The van der Waals surface area contributed by atoms with E-state index in [2.05, 4.69) is 16.9 Å². The van der Waals surface area contributed by atoms with Gasteiger partial charge in [0.25, 0.3) is 0 Å². The van der Waals surface area contributed by atoms with Crippen molar-refractivity contribution in [3.05, 3.63) is 47.6 Å². The minimum Gasteiger partial charge on any atom is -0.507 e. The molecule has 4 heterocycles. The summed E-state index contributed by atoms with van der Waals surface area (Å²) in [7, 11) is 0. The van der Waals surface area contributed by atoms with E-state index >= 15 is 0 Å². The Bertz CT molecular complexity index is 1230. The summed E-state index contributed by atoms with van der Waals surface area (Å²) >= 11 is 0. The SMILES string of the molecule is C[C@@H]1CC[C@]2(CCC[C@@H](Cc3nc4c(C(=O)O)c(O)ccc4o3)O2)O[C@@H]1[C@H](C)C(=O)c1ccc[nH]1. The van der Waals surface area contributed by atoms with Gasteiger partial charge in [0.2, 0.25) is 0 Å². The minimum atomic E-state index is -1.26. The molecule has 5 atom stereocenters. The number of ketones is 1. The number of carbonyl (C=O) groups excluding carboxylic acids is 1. The molecular weight excluding hydrogens is 452 g/mol. The van der Waals surface area contributed by atoms with Gasteiger partial charge in [0.15, 0.2) is 23.0 Å². The van der Waals surface area contributed by atoms with Gasteiger partial charge in [0, 0.05) is 25.0 Å². The lowest BCUT2D eigenvalue weighted by atomic mass is 9.81. The Hall–Kier alpha value is -3.17. The number of aromatic amines is 1. The second kappa shape index (κ2) is 9.13. The zero-order valence-electron chi connectivity index (χ0n) is 19.8. The molecule has 1 spiro atoms. The highest BCUT2D eigenvalue weighted by Crippen LogP contribution is 2.43. The van der Waals surface area contributed by atoms with E-state index < -0.39 is 11.8 Å². The molecule has 2 aliphatic rings. The molecule has 0 aliphatic carbocycles. The number of benzene rings is 1. The fraction of sp³-hybridized carbons (Fsp3) is 0.500. The number of nitrogens with one attached hydrogen (secondary N) is 1. The summed E-state index contributed by atoms with van der Waals surface area (Å²) in [5.41, 5.74) is 0.738. The van der Waals surface area contributed by atoms with Crippen LogP contribution in [0.25, 0.3) is 11.1 Å². The van der Waals surface area contributed by atoms with Crippen molar-refractivity contribution in [1.82, 2.24) is 9.97 Å². The molecule has 35 heavy (non-hydrogen) atoms. The molecule has 0 unspecified atom stereocenters. The van der Waals surface area contributed by atoms with E-state index in [1.807, 2.05) is 13.0 Å². The number of aromatic carboxylic acids is 1. The molecule has 1 aromatic carbocycles. The number of aromatic nitrogens is 2. The van der Waals surface area contributed by atoms with Crippen LogP contribution in [0.4, 0.5) is 0 Å². The van der Waals surface area contributed by atoms with Crippen LogP contribution in [0.15, 0.2) is 34.9 Å². The molecular formula is C26H30N2O7. The lowest BCUT2D eigenvalue weighted by Crippen LogP contribution is -2.53. The molecule has 2 aromatic heterocycles. The van der Waals surface area contributed by atoms with Gasteiger partial charge in [0.05, 0.1) is 24.3 Å². The average molecular weight is 483 g/mol. The van der Waals surface area contributed by atoms with Crippen molar-refractivity contribution in [3.63, 3.8) is 0 Å². The van der Waals surface area contributed by atoms with Crippen molar-refractivity contribution >= 4 is 22.9 Å². The molecule has 0 bridgehead atoms. The van der Waals surface area contributed by atoms with Gasteiger partial charge in [-0.05, 0) is 49.4 Å². The van der Waals surface area contributed by atoms with Crippen molar-refractivity contribution in [1.29, 1.82) is 0 Å². The van der Waals surface area contributed by atoms with Gasteiger partial charge >= 0.3 is 5.97 Å². The molecule has 3 aromatic rings. The smallest absolute Gasteiger partial charge is 0.341 e. The summed E-state index contributed by atoms with van der Waals surface area (Å²) in [5, 5.41) is 19.4. The molecule has 0 saturated carbocycles. The van der Waals surface area contributed by atoms with Crippen molar-refractivity contribution in [3.8, 4) is 5.75 Å². The van der Waals surface area contributed by atoms with Crippen LogP contribution in [0.2, 0.25) is 0 Å². The van der Waals surface area contributed by atoms with Gasteiger partial charge in [-0.1, -0.05) is 13.8 Å². The molecule has 3 N–H and O–H groups in total. The summed E-state index contributed by atoms with van der Waals surface area (Å²) < 4.78 is 18.9. The third-order valence-corrected chi connectivity index (χ3v) is 7.33. The average Bonchev–Trinajstić information content (AvgIpc) is 3.50. The lowest BCUT2D eigenvalue weighted by Gasteiger charge is -2.49. The maximum Gasteiger partial charge on any atom is 0.341 e. The van der Waals surface area contributed by atoms with E-state index in [1.165, 1.54) is 12.1 Å². The maximum atomic E-state index is 13.0. The van der Waals surface area contributed by atoms with Crippen LogP contribution in [0, 0.1) is 11.8 Å². The van der Waals surface area contributed by atoms with Crippen molar-refractivity contribution in [2.75, 3.05) is 0 Å². The molecule has 9 heteroatoms. The quantitative estimate of drug-likeness (QED) is 0.430. The van der Waals surface area contributed by atoms with Gasteiger partial charge < -0.3 is 29.1 Å². The number of aromatic hydroxyl groups is 1. The number of carboxylic acids is 1. The molecule has 5 rings (SSSR count). The van der Waals surface area contributed by atoms with Crippen LogP contribution < -0.4 is 0 Å². The Morgan fingerprint density at radius 1 is 1.23 bits per heavy atom. The maximum absolute atomic E-state index is 13.0. The highest BCUT2D eigenvalue weighted by atomic mass is 16.7. The fourth-order valence-electron chi connectivity index (χ4n) is 5.47. The summed E-state index contributed by atoms with van der Waals surface area (Å²) in [6.45, 7) is 4.03. The predicted octanol–water partition coefficient (Wildman–Crippen LogP) is 4.70. The number of rotatable bonds is 6. The summed E-state index contributed by atoms with van der Waals surface area (Å²) in [4.78, 5) is 31.9. The van der Waals surface area contributed by atoms with E-state index in [9.17, 15) is 19.8 Å². The Morgan fingerprint density at radius 2 is 2.06 bits per heavy atom. The Labute approximate surface area is 202 Å². The van der Waals surface area contributed by atoms with Crippen LogP contribution in [0.3, 0.4) is 0 Å². The third kappa shape index (κ3) is 4.46. The first-order valence-electron chi connectivity index (χ1n) is 12.1. The molecule has 2 aliphatic heterocycles. The number of H-pyrrole nitrogens is 1. The number of hydrogen-bond acceptors (Lipinski definition) is 7. The largest absolute Gasteiger partial charge is 0.507 e. The molecule has 2 saturated heterocycles. The molecule has 186 valence electrons. The zero-order chi connectivity index (χ0) is 24.7. The second-order valence-corrected chi connectivity index (χ2v) is 9.80. The molecule has 9 nitrogen and oxygen atoms in total. The van der Waals surface area contributed by atoms with Gasteiger partial charge in [-0.25, -0.2) is 9.78 Å². The number of Topliss-reactive ketones (excluding diaryl/α,β-unsaturated/α-hetero) is 1. The third-order valence-electron chi connectivity index (χ3n) is 7.33. The lowest BCUT2D eigenvalue weighted by molar-refractivity contribution is -0.327. The summed E-state index contributed by atoms with van der Waals surface area (Å²) in [6, 6.07) is 6.40. The second-order valence-electron chi connectivity index (χ2n) is 9.80. The fourth-order valence-corrected chi connectivity index (χ4v) is 5.47.